The minimum absolute atomic E-state index is 0.148. The van der Waals surface area contributed by atoms with Crippen molar-refractivity contribution in [2.75, 3.05) is 18.5 Å². The summed E-state index contributed by atoms with van der Waals surface area (Å²) in [6, 6.07) is 5.70. The molecule has 0 saturated carbocycles. The molecule has 1 saturated heterocycles. The van der Waals surface area contributed by atoms with Gasteiger partial charge in [-0.1, -0.05) is 0 Å². The van der Waals surface area contributed by atoms with Gasteiger partial charge in [0, 0.05) is 23.9 Å². The minimum Gasteiger partial charge on any atom is -0.493 e. The van der Waals surface area contributed by atoms with Crippen LogP contribution in [0.25, 0.3) is 11.3 Å². The first-order chi connectivity index (χ1) is 11.2. The summed E-state index contributed by atoms with van der Waals surface area (Å²) >= 11 is 1.40. The van der Waals surface area contributed by atoms with Crippen molar-refractivity contribution in [3.8, 4) is 17.0 Å². The second-order valence-corrected chi connectivity index (χ2v) is 6.66. The molecule has 2 atom stereocenters. The van der Waals surface area contributed by atoms with Crippen molar-refractivity contribution in [3.05, 3.63) is 29.1 Å². The molecular formula is C16H17N3O3S. The van der Waals surface area contributed by atoms with Gasteiger partial charge in [0.15, 0.2) is 5.13 Å². The first-order valence-corrected chi connectivity index (χ1v) is 8.51. The van der Waals surface area contributed by atoms with Crippen LogP contribution in [0.5, 0.6) is 5.75 Å². The smallest absolute Gasteiger partial charge is 0.243 e. The number of nitrogens with zero attached hydrogens (tertiary/aromatic N) is 1. The fraction of sp³-hybridized carbons (Fsp3) is 0.375. The fourth-order valence-electron chi connectivity index (χ4n) is 2.92. The number of anilines is 1. The summed E-state index contributed by atoms with van der Waals surface area (Å²) < 4.78 is 5.51. The van der Waals surface area contributed by atoms with E-state index < -0.39 is 6.10 Å². The Hall–Kier alpha value is -1.96. The van der Waals surface area contributed by atoms with Crippen molar-refractivity contribution in [1.82, 2.24) is 10.3 Å². The Morgan fingerprint density at radius 1 is 1.48 bits per heavy atom. The molecule has 120 valence electrons. The normalized spacial score (nSPS) is 22.7. The van der Waals surface area contributed by atoms with Crippen LogP contribution >= 0.6 is 11.3 Å². The van der Waals surface area contributed by atoms with Crippen molar-refractivity contribution in [1.29, 1.82) is 0 Å². The third-order valence-corrected chi connectivity index (χ3v) is 4.90. The molecule has 3 N–H and O–H groups in total. The third-order valence-electron chi connectivity index (χ3n) is 4.14. The number of thiazole rings is 1. The molecule has 1 amide bonds. The van der Waals surface area contributed by atoms with Gasteiger partial charge < -0.3 is 20.5 Å². The lowest BCUT2D eigenvalue weighted by Gasteiger charge is -2.08. The van der Waals surface area contributed by atoms with Crippen LogP contribution < -0.4 is 15.4 Å². The van der Waals surface area contributed by atoms with Crippen LogP contribution in [0.2, 0.25) is 0 Å². The van der Waals surface area contributed by atoms with Crippen LogP contribution in [0.1, 0.15) is 12.0 Å². The van der Waals surface area contributed by atoms with Crippen molar-refractivity contribution in [2.45, 2.75) is 25.0 Å². The maximum absolute atomic E-state index is 12.1. The first-order valence-electron chi connectivity index (χ1n) is 7.63. The maximum Gasteiger partial charge on any atom is 0.243 e. The van der Waals surface area contributed by atoms with E-state index in [4.69, 9.17) is 4.74 Å². The number of aliphatic hydroxyl groups excluding tert-OH is 1. The van der Waals surface area contributed by atoms with E-state index in [1.807, 2.05) is 17.5 Å². The molecule has 0 unspecified atom stereocenters. The number of ether oxygens (including phenoxy) is 1. The summed E-state index contributed by atoms with van der Waals surface area (Å²) in [6.45, 7) is 1.19. The van der Waals surface area contributed by atoms with E-state index in [1.165, 1.54) is 16.9 Å². The number of amides is 1. The molecule has 3 heterocycles. The Balaban J connectivity index is 1.47. The molecule has 2 aliphatic rings. The number of aromatic nitrogens is 1. The summed E-state index contributed by atoms with van der Waals surface area (Å²) in [4.78, 5) is 16.6. The van der Waals surface area contributed by atoms with Gasteiger partial charge in [-0.2, -0.15) is 0 Å². The molecule has 0 bridgehead atoms. The van der Waals surface area contributed by atoms with Crippen molar-refractivity contribution >= 4 is 22.4 Å². The van der Waals surface area contributed by atoms with E-state index in [0.29, 0.717) is 18.1 Å². The fourth-order valence-corrected chi connectivity index (χ4v) is 3.64. The number of benzene rings is 1. The largest absolute Gasteiger partial charge is 0.493 e. The second-order valence-electron chi connectivity index (χ2n) is 5.80. The summed E-state index contributed by atoms with van der Waals surface area (Å²) in [5, 5.41) is 17.8. The summed E-state index contributed by atoms with van der Waals surface area (Å²) in [5.41, 5.74) is 3.07. The molecule has 0 radical (unpaired) electrons. The highest BCUT2D eigenvalue weighted by Crippen LogP contribution is 2.32. The lowest BCUT2D eigenvalue weighted by molar-refractivity contribution is -0.117. The van der Waals surface area contributed by atoms with Gasteiger partial charge in [-0.05, 0) is 30.2 Å². The molecule has 23 heavy (non-hydrogen) atoms. The second kappa shape index (κ2) is 5.92. The average Bonchev–Trinajstić information content (AvgIpc) is 3.26. The first kappa shape index (κ1) is 14.6. The standard InChI is InChI=1S/C16H17N3O3S/c20-11-6-12(17-7-11)15(21)19-16-18-13(8-23-16)9-1-2-14-10(5-9)3-4-22-14/h1-2,5,8,11-12,17,20H,3-4,6-7H2,(H,18,19,21)/t11-,12+/m1/s1. The number of carbonyl (C=O) groups excluding carboxylic acids is 1. The van der Waals surface area contributed by atoms with E-state index in [2.05, 4.69) is 21.7 Å². The molecule has 2 aromatic rings. The predicted octanol–water partition coefficient (Wildman–Crippen LogP) is 1.41. The van der Waals surface area contributed by atoms with E-state index >= 15 is 0 Å². The summed E-state index contributed by atoms with van der Waals surface area (Å²) in [5.74, 6) is 0.799. The van der Waals surface area contributed by atoms with Gasteiger partial charge in [0.1, 0.15) is 5.75 Å². The number of β-amino-alcohol motifs (C(OH)–C–C–N with tert-alkyl or cyclic N) is 1. The molecule has 1 aromatic heterocycles. The van der Waals surface area contributed by atoms with Crippen LogP contribution in [-0.2, 0) is 11.2 Å². The topological polar surface area (TPSA) is 83.5 Å². The highest BCUT2D eigenvalue weighted by atomic mass is 32.1. The monoisotopic (exact) mass is 331 g/mol. The lowest BCUT2D eigenvalue weighted by Crippen LogP contribution is -2.35. The zero-order chi connectivity index (χ0) is 15.8. The zero-order valence-corrected chi connectivity index (χ0v) is 13.2. The van der Waals surface area contributed by atoms with Crippen LogP contribution in [-0.4, -0.2) is 41.3 Å². The third kappa shape index (κ3) is 2.95. The number of rotatable bonds is 3. The Morgan fingerprint density at radius 3 is 3.22 bits per heavy atom. The zero-order valence-electron chi connectivity index (χ0n) is 12.4. The quantitative estimate of drug-likeness (QED) is 0.792. The number of carbonyl (C=O) groups is 1. The lowest BCUT2D eigenvalue weighted by atomic mass is 10.1. The van der Waals surface area contributed by atoms with Crippen molar-refractivity contribution in [3.63, 3.8) is 0 Å². The highest BCUT2D eigenvalue weighted by molar-refractivity contribution is 7.14. The van der Waals surface area contributed by atoms with Crippen LogP contribution in [0.4, 0.5) is 5.13 Å². The molecule has 7 heteroatoms. The number of fused-ring (bicyclic) bond motifs is 1. The van der Waals surface area contributed by atoms with E-state index in [0.717, 1.165) is 30.0 Å². The van der Waals surface area contributed by atoms with Crippen molar-refractivity contribution < 1.29 is 14.6 Å². The van der Waals surface area contributed by atoms with Gasteiger partial charge in [0.2, 0.25) is 5.91 Å². The number of aliphatic hydroxyl groups is 1. The van der Waals surface area contributed by atoms with E-state index in [-0.39, 0.29) is 11.9 Å². The maximum atomic E-state index is 12.1. The molecule has 1 aromatic carbocycles. The van der Waals surface area contributed by atoms with E-state index in [1.54, 1.807) is 0 Å². The SMILES string of the molecule is O=C(Nc1nc(-c2ccc3c(c2)CCO3)cs1)[C@@H]1C[C@@H](O)CN1. The number of hydrogen-bond acceptors (Lipinski definition) is 6. The van der Waals surface area contributed by atoms with Gasteiger partial charge in [-0.3, -0.25) is 4.79 Å². The average molecular weight is 331 g/mol. The van der Waals surface area contributed by atoms with Crippen LogP contribution in [0.3, 0.4) is 0 Å². The van der Waals surface area contributed by atoms with E-state index in [9.17, 15) is 9.90 Å². The van der Waals surface area contributed by atoms with Crippen LogP contribution in [0.15, 0.2) is 23.6 Å². The highest BCUT2D eigenvalue weighted by Gasteiger charge is 2.28. The molecule has 6 nitrogen and oxygen atoms in total. The van der Waals surface area contributed by atoms with Crippen LogP contribution in [0, 0.1) is 0 Å². The number of nitrogens with one attached hydrogen (secondary N) is 2. The molecule has 0 spiro atoms. The van der Waals surface area contributed by atoms with Crippen molar-refractivity contribution in [2.24, 2.45) is 0 Å². The molecule has 2 aliphatic heterocycles. The summed E-state index contributed by atoms with van der Waals surface area (Å²) in [6.07, 6.45) is 0.910. The van der Waals surface area contributed by atoms with Gasteiger partial charge in [-0.25, -0.2) is 4.98 Å². The molecular weight excluding hydrogens is 314 g/mol. The minimum atomic E-state index is -0.453. The van der Waals surface area contributed by atoms with Gasteiger partial charge in [0.25, 0.3) is 0 Å². The molecule has 1 fully saturated rings. The number of hydrogen-bond donors (Lipinski definition) is 3. The Kier molecular flexibility index (Phi) is 3.76. The Labute approximate surface area is 137 Å². The molecule has 4 rings (SSSR count). The van der Waals surface area contributed by atoms with Gasteiger partial charge in [-0.15, -0.1) is 11.3 Å². The Bertz CT molecular complexity index is 746. The van der Waals surface area contributed by atoms with Gasteiger partial charge in [0.05, 0.1) is 24.4 Å². The van der Waals surface area contributed by atoms with Gasteiger partial charge >= 0.3 is 0 Å². The summed E-state index contributed by atoms with van der Waals surface area (Å²) in [7, 11) is 0. The Morgan fingerprint density at radius 2 is 2.39 bits per heavy atom. The predicted molar refractivity (Wildman–Crippen MR) is 87.8 cm³/mol. The molecule has 0 aliphatic carbocycles.